The van der Waals surface area contributed by atoms with Crippen molar-refractivity contribution in [3.8, 4) is 0 Å². The normalized spacial score (nSPS) is 16.5. The number of likely N-dealkylation sites (N-methyl/N-ethyl adjacent to an activating group) is 1. The van der Waals surface area contributed by atoms with E-state index < -0.39 is 4.92 Å². The Labute approximate surface area is 136 Å². The minimum absolute atomic E-state index is 0.102. The third kappa shape index (κ3) is 5.00. The second-order valence-electron chi connectivity index (χ2n) is 6.19. The second-order valence-corrected chi connectivity index (χ2v) is 6.19. The Morgan fingerprint density at radius 2 is 1.91 bits per heavy atom. The van der Waals surface area contributed by atoms with Crippen LogP contribution in [0.15, 0.2) is 6.33 Å². The first kappa shape index (κ1) is 17.4. The molecular weight excluding hydrogens is 298 g/mol. The van der Waals surface area contributed by atoms with Gasteiger partial charge in [-0.15, -0.1) is 0 Å². The van der Waals surface area contributed by atoms with Crippen LogP contribution in [0.4, 0.5) is 17.3 Å². The quantitative estimate of drug-likeness (QED) is 0.574. The van der Waals surface area contributed by atoms with Crippen molar-refractivity contribution in [1.29, 1.82) is 0 Å². The van der Waals surface area contributed by atoms with E-state index in [1.54, 1.807) is 0 Å². The van der Waals surface area contributed by atoms with Crippen molar-refractivity contribution in [3.05, 3.63) is 16.4 Å². The monoisotopic (exact) mass is 323 g/mol. The maximum absolute atomic E-state index is 11.5. The number of anilines is 2. The third-order valence-electron chi connectivity index (χ3n) is 3.79. The van der Waals surface area contributed by atoms with E-state index in [1.807, 2.05) is 5.01 Å². The van der Waals surface area contributed by atoms with Crippen LogP contribution in [0.2, 0.25) is 0 Å². The molecule has 0 atom stereocenters. The van der Waals surface area contributed by atoms with Gasteiger partial charge < -0.3 is 10.2 Å². The predicted molar refractivity (Wildman–Crippen MR) is 89.3 cm³/mol. The lowest BCUT2D eigenvalue weighted by Crippen LogP contribution is -2.47. The summed E-state index contributed by atoms with van der Waals surface area (Å²) in [5, 5.41) is 16.5. The Balaban J connectivity index is 2.10. The molecule has 1 aliphatic rings. The first-order valence-corrected chi connectivity index (χ1v) is 7.90. The molecule has 0 aliphatic carbocycles. The maximum atomic E-state index is 11.5. The molecule has 0 saturated carbocycles. The molecule has 23 heavy (non-hydrogen) atoms. The zero-order valence-electron chi connectivity index (χ0n) is 13.9. The number of hydrogen-bond acceptors (Lipinski definition) is 8. The smallest absolute Gasteiger partial charge is 0.354 e. The van der Waals surface area contributed by atoms with Crippen molar-refractivity contribution < 1.29 is 4.92 Å². The van der Waals surface area contributed by atoms with E-state index in [1.165, 1.54) is 6.33 Å². The summed E-state index contributed by atoms with van der Waals surface area (Å²) < 4.78 is 0. The molecule has 2 N–H and O–H groups in total. The molecule has 1 saturated heterocycles. The first-order chi connectivity index (χ1) is 11.0. The number of hydrogen-bond donors (Lipinski definition) is 2. The van der Waals surface area contributed by atoms with Crippen LogP contribution >= 0.6 is 0 Å². The fraction of sp³-hybridized carbons (Fsp3) is 0.714. The van der Waals surface area contributed by atoms with E-state index >= 15 is 0 Å². The van der Waals surface area contributed by atoms with E-state index in [-0.39, 0.29) is 17.3 Å². The summed E-state index contributed by atoms with van der Waals surface area (Å²) in [6.45, 7) is 8.24. The molecule has 1 fully saturated rings. The highest BCUT2D eigenvalue weighted by atomic mass is 16.6. The van der Waals surface area contributed by atoms with Crippen LogP contribution in [0, 0.1) is 16.0 Å². The Kier molecular flexibility index (Phi) is 6.05. The topological polar surface area (TPSA) is 99.5 Å². The van der Waals surface area contributed by atoms with Gasteiger partial charge in [-0.25, -0.2) is 15.0 Å². The van der Waals surface area contributed by atoms with Gasteiger partial charge in [0.05, 0.1) is 4.92 Å². The van der Waals surface area contributed by atoms with Gasteiger partial charge in [0.15, 0.2) is 0 Å². The number of nitrogens with zero attached hydrogens (tertiary/aromatic N) is 5. The second kappa shape index (κ2) is 8.02. The summed E-state index contributed by atoms with van der Waals surface area (Å²) in [6, 6.07) is 0. The number of hydrazine groups is 1. The van der Waals surface area contributed by atoms with Gasteiger partial charge >= 0.3 is 5.69 Å². The minimum Gasteiger partial charge on any atom is -0.364 e. The van der Waals surface area contributed by atoms with Crippen molar-refractivity contribution in [2.24, 2.45) is 5.92 Å². The van der Waals surface area contributed by atoms with Crippen LogP contribution in [-0.4, -0.2) is 64.6 Å². The van der Waals surface area contributed by atoms with E-state index in [0.29, 0.717) is 12.5 Å². The van der Waals surface area contributed by atoms with Gasteiger partial charge in [0.1, 0.15) is 6.33 Å². The SMILES string of the molecule is CC(C)CCNc1ncnc(NN2CCN(C)CC2)c1[N+](=O)[O-]. The van der Waals surface area contributed by atoms with Gasteiger partial charge in [0.2, 0.25) is 11.6 Å². The summed E-state index contributed by atoms with van der Waals surface area (Å²) in [4.78, 5) is 21.3. The van der Waals surface area contributed by atoms with E-state index in [4.69, 9.17) is 0 Å². The molecule has 1 aliphatic heterocycles. The number of nitrogens with one attached hydrogen (secondary N) is 2. The van der Waals surface area contributed by atoms with Crippen molar-refractivity contribution >= 4 is 17.3 Å². The van der Waals surface area contributed by atoms with Gasteiger partial charge in [-0.2, -0.15) is 0 Å². The average molecular weight is 323 g/mol. The molecule has 0 radical (unpaired) electrons. The van der Waals surface area contributed by atoms with Crippen LogP contribution in [0.25, 0.3) is 0 Å². The Bertz CT molecular complexity index is 530. The average Bonchev–Trinajstić information content (AvgIpc) is 2.49. The summed E-state index contributed by atoms with van der Waals surface area (Å²) >= 11 is 0. The lowest BCUT2D eigenvalue weighted by Gasteiger charge is -2.32. The largest absolute Gasteiger partial charge is 0.364 e. The van der Waals surface area contributed by atoms with Gasteiger partial charge in [0, 0.05) is 32.7 Å². The molecule has 1 aromatic heterocycles. The molecule has 0 unspecified atom stereocenters. The number of rotatable bonds is 7. The Hall–Kier alpha value is -2.00. The highest BCUT2D eigenvalue weighted by molar-refractivity contribution is 5.68. The zero-order valence-corrected chi connectivity index (χ0v) is 13.9. The fourth-order valence-electron chi connectivity index (χ4n) is 2.31. The highest BCUT2D eigenvalue weighted by Gasteiger charge is 2.25. The predicted octanol–water partition coefficient (Wildman–Crippen LogP) is 1.42. The zero-order chi connectivity index (χ0) is 16.8. The van der Waals surface area contributed by atoms with Crippen molar-refractivity contribution in [2.45, 2.75) is 20.3 Å². The van der Waals surface area contributed by atoms with E-state index in [9.17, 15) is 10.1 Å². The highest BCUT2D eigenvalue weighted by Crippen LogP contribution is 2.29. The summed E-state index contributed by atoms with van der Waals surface area (Å²) in [6.07, 6.45) is 2.27. The first-order valence-electron chi connectivity index (χ1n) is 7.90. The van der Waals surface area contributed by atoms with Crippen LogP contribution in [-0.2, 0) is 0 Å². The molecule has 0 spiro atoms. The summed E-state index contributed by atoms with van der Waals surface area (Å²) in [7, 11) is 2.06. The Morgan fingerprint density at radius 3 is 2.52 bits per heavy atom. The molecule has 0 amide bonds. The third-order valence-corrected chi connectivity index (χ3v) is 3.79. The molecule has 2 rings (SSSR count). The summed E-state index contributed by atoms with van der Waals surface area (Å²) in [5.74, 6) is 1.02. The number of nitro groups is 1. The number of piperazine rings is 1. The van der Waals surface area contributed by atoms with Crippen LogP contribution in [0.5, 0.6) is 0 Å². The minimum atomic E-state index is -0.434. The van der Waals surface area contributed by atoms with E-state index in [0.717, 1.165) is 32.6 Å². The molecule has 9 nitrogen and oxygen atoms in total. The van der Waals surface area contributed by atoms with Gasteiger partial charge in [-0.3, -0.25) is 15.5 Å². The molecular formula is C14H25N7O2. The van der Waals surface area contributed by atoms with E-state index in [2.05, 4.69) is 46.5 Å². The Morgan fingerprint density at radius 1 is 1.26 bits per heavy atom. The molecule has 0 aromatic carbocycles. The summed E-state index contributed by atoms with van der Waals surface area (Å²) in [5.41, 5.74) is 2.96. The van der Waals surface area contributed by atoms with Crippen LogP contribution < -0.4 is 10.7 Å². The van der Waals surface area contributed by atoms with Crippen LogP contribution in [0.1, 0.15) is 20.3 Å². The van der Waals surface area contributed by atoms with Gasteiger partial charge in [-0.1, -0.05) is 13.8 Å². The van der Waals surface area contributed by atoms with Crippen molar-refractivity contribution in [1.82, 2.24) is 19.9 Å². The molecule has 9 heteroatoms. The maximum Gasteiger partial charge on any atom is 0.354 e. The fourth-order valence-corrected chi connectivity index (χ4v) is 2.31. The van der Waals surface area contributed by atoms with Crippen LogP contribution in [0.3, 0.4) is 0 Å². The number of aromatic nitrogens is 2. The molecule has 2 heterocycles. The molecule has 0 bridgehead atoms. The lowest BCUT2D eigenvalue weighted by molar-refractivity contribution is -0.383. The standard InChI is InChI=1S/C14H25N7O2/c1-11(2)4-5-15-13-12(21(22)23)14(17-10-16-13)18-20-8-6-19(3)7-9-20/h10-11H,4-9H2,1-3H3,(H2,15,16,17,18). The van der Waals surface area contributed by atoms with Gasteiger partial charge in [0.25, 0.3) is 0 Å². The molecule has 1 aromatic rings. The van der Waals surface area contributed by atoms with Crippen molar-refractivity contribution in [3.63, 3.8) is 0 Å². The lowest BCUT2D eigenvalue weighted by atomic mass is 10.1. The van der Waals surface area contributed by atoms with Crippen molar-refractivity contribution in [2.75, 3.05) is 50.5 Å². The van der Waals surface area contributed by atoms with Gasteiger partial charge in [-0.05, 0) is 19.4 Å². The molecule has 128 valence electrons.